The molecule has 0 aliphatic heterocycles. The molecule has 1 atom stereocenters. The number of non-ortho nitro benzene ring substituents is 1. The molecule has 3 rings (SSSR count). The Morgan fingerprint density at radius 1 is 0.974 bits per heavy atom. The third-order valence-corrected chi connectivity index (χ3v) is 8.05. The molecule has 0 saturated heterocycles. The molecular formula is C25H26N4O8S2. The lowest BCUT2D eigenvalue weighted by Gasteiger charge is -2.20. The van der Waals surface area contributed by atoms with Gasteiger partial charge in [0, 0.05) is 12.1 Å². The van der Waals surface area contributed by atoms with Gasteiger partial charge in [-0.05, 0) is 60.9 Å². The number of aryl methyl sites for hydroxylation is 1. The number of nitrogens with one attached hydrogen (secondary N) is 2. The predicted octanol–water partition coefficient (Wildman–Crippen LogP) is 3.12. The van der Waals surface area contributed by atoms with E-state index in [0.717, 1.165) is 17.7 Å². The number of nitrogens with zero attached hydrogens (tertiary/aromatic N) is 2. The predicted molar refractivity (Wildman–Crippen MR) is 143 cm³/mol. The molecule has 0 bridgehead atoms. The number of rotatable bonds is 11. The number of hydrazone groups is 1. The second-order valence-electron chi connectivity index (χ2n) is 8.75. The van der Waals surface area contributed by atoms with Crippen LogP contribution in [0.25, 0.3) is 0 Å². The van der Waals surface area contributed by atoms with Gasteiger partial charge in [-0.2, -0.15) is 18.2 Å². The number of sulfonamides is 1. The Hall–Kier alpha value is -4.14. The molecule has 0 heterocycles. The van der Waals surface area contributed by atoms with Crippen molar-refractivity contribution in [2.75, 3.05) is 0 Å². The van der Waals surface area contributed by atoms with E-state index in [4.69, 9.17) is 4.18 Å². The lowest BCUT2D eigenvalue weighted by Crippen LogP contribution is -2.48. The highest BCUT2D eigenvalue weighted by Gasteiger charge is 2.28. The Labute approximate surface area is 226 Å². The van der Waals surface area contributed by atoms with Crippen LogP contribution in [0.2, 0.25) is 0 Å². The van der Waals surface area contributed by atoms with Crippen molar-refractivity contribution in [3.05, 3.63) is 94.0 Å². The van der Waals surface area contributed by atoms with Crippen LogP contribution in [-0.2, 0) is 24.9 Å². The van der Waals surface area contributed by atoms with E-state index in [2.05, 4.69) is 15.2 Å². The Kier molecular flexibility index (Phi) is 9.16. The highest BCUT2D eigenvalue weighted by molar-refractivity contribution is 7.89. The topological polar surface area (TPSA) is 174 Å². The van der Waals surface area contributed by atoms with E-state index in [9.17, 15) is 31.7 Å². The Morgan fingerprint density at radius 3 is 2.21 bits per heavy atom. The second-order valence-corrected chi connectivity index (χ2v) is 12.0. The van der Waals surface area contributed by atoms with Crippen molar-refractivity contribution in [3.8, 4) is 5.75 Å². The Morgan fingerprint density at radius 2 is 1.62 bits per heavy atom. The number of carbonyl (C=O) groups is 1. The summed E-state index contributed by atoms with van der Waals surface area (Å²) >= 11 is 0. The maximum atomic E-state index is 12.7. The molecule has 206 valence electrons. The third-order valence-electron chi connectivity index (χ3n) is 5.35. The number of hydrogen-bond donors (Lipinski definition) is 2. The monoisotopic (exact) mass is 574 g/mol. The molecule has 12 nitrogen and oxygen atoms in total. The zero-order chi connectivity index (χ0) is 28.8. The molecule has 0 spiro atoms. The molecule has 0 fully saturated rings. The van der Waals surface area contributed by atoms with Gasteiger partial charge in [0.05, 0.1) is 16.0 Å². The smallest absolute Gasteiger partial charge is 0.339 e. The fourth-order valence-corrected chi connectivity index (χ4v) is 5.54. The summed E-state index contributed by atoms with van der Waals surface area (Å²) in [6, 6.07) is 15.2. The number of carbonyl (C=O) groups excluding carboxylic acids is 1. The summed E-state index contributed by atoms with van der Waals surface area (Å²) in [6.07, 6.45) is 1.28. The normalized spacial score (nSPS) is 12.8. The minimum atomic E-state index is -4.32. The average molecular weight is 575 g/mol. The number of nitro groups is 1. The van der Waals surface area contributed by atoms with Crippen LogP contribution in [0.1, 0.15) is 25.0 Å². The van der Waals surface area contributed by atoms with Crippen molar-refractivity contribution in [1.82, 2.24) is 10.1 Å². The van der Waals surface area contributed by atoms with E-state index in [1.165, 1.54) is 54.7 Å². The van der Waals surface area contributed by atoms with Crippen molar-refractivity contribution in [2.24, 2.45) is 11.0 Å². The highest BCUT2D eigenvalue weighted by atomic mass is 32.2. The lowest BCUT2D eigenvalue weighted by atomic mass is 10.1. The second kappa shape index (κ2) is 12.1. The maximum absolute atomic E-state index is 12.7. The molecule has 0 saturated carbocycles. The molecule has 3 aromatic rings. The van der Waals surface area contributed by atoms with Crippen LogP contribution in [0.15, 0.2) is 87.7 Å². The molecule has 2 N–H and O–H groups in total. The Balaban J connectivity index is 1.64. The first-order valence-corrected chi connectivity index (χ1v) is 14.4. The number of nitro benzene ring substituents is 1. The van der Waals surface area contributed by atoms with E-state index in [-0.39, 0.29) is 21.5 Å². The molecular weight excluding hydrogens is 548 g/mol. The van der Waals surface area contributed by atoms with Gasteiger partial charge in [-0.3, -0.25) is 14.9 Å². The largest absolute Gasteiger partial charge is 0.379 e. The summed E-state index contributed by atoms with van der Waals surface area (Å²) in [4.78, 5) is 22.5. The zero-order valence-electron chi connectivity index (χ0n) is 21.1. The minimum Gasteiger partial charge on any atom is -0.379 e. The molecule has 39 heavy (non-hydrogen) atoms. The maximum Gasteiger partial charge on any atom is 0.339 e. The molecule has 0 aliphatic carbocycles. The van der Waals surface area contributed by atoms with Gasteiger partial charge in [0.25, 0.3) is 11.6 Å². The van der Waals surface area contributed by atoms with E-state index in [0.29, 0.717) is 5.56 Å². The van der Waals surface area contributed by atoms with E-state index >= 15 is 0 Å². The van der Waals surface area contributed by atoms with Gasteiger partial charge < -0.3 is 4.18 Å². The molecule has 0 aliphatic rings. The van der Waals surface area contributed by atoms with Gasteiger partial charge in [0.1, 0.15) is 16.7 Å². The van der Waals surface area contributed by atoms with Crippen molar-refractivity contribution in [1.29, 1.82) is 0 Å². The van der Waals surface area contributed by atoms with Crippen molar-refractivity contribution in [3.63, 3.8) is 0 Å². The quantitative estimate of drug-likeness (QED) is 0.152. The number of amides is 1. The van der Waals surface area contributed by atoms with Gasteiger partial charge in [0.2, 0.25) is 10.0 Å². The minimum absolute atomic E-state index is 0.0323. The van der Waals surface area contributed by atoms with Gasteiger partial charge in [-0.1, -0.05) is 37.6 Å². The van der Waals surface area contributed by atoms with Crippen LogP contribution in [-0.4, -0.2) is 39.9 Å². The lowest BCUT2D eigenvalue weighted by molar-refractivity contribution is -0.385. The molecule has 14 heteroatoms. The summed E-state index contributed by atoms with van der Waals surface area (Å²) in [5.74, 6) is -1.10. The van der Waals surface area contributed by atoms with Crippen LogP contribution in [0.5, 0.6) is 5.75 Å². The highest BCUT2D eigenvalue weighted by Crippen LogP contribution is 2.22. The van der Waals surface area contributed by atoms with Crippen LogP contribution < -0.4 is 14.3 Å². The summed E-state index contributed by atoms with van der Waals surface area (Å²) in [7, 11) is -8.27. The summed E-state index contributed by atoms with van der Waals surface area (Å²) in [6.45, 7) is 5.20. The first kappa shape index (κ1) is 29.4. The van der Waals surface area contributed by atoms with E-state index in [1.807, 2.05) is 6.92 Å². The fourth-order valence-electron chi connectivity index (χ4n) is 3.22. The zero-order valence-corrected chi connectivity index (χ0v) is 22.8. The van der Waals surface area contributed by atoms with Crippen LogP contribution in [0.4, 0.5) is 5.69 Å². The number of hydrogen-bond acceptors (Lipinski definition) is 9. The molecule has 1 amide bonds. The summed E-state index contributed by atoms with van der Waals surface area (Å²) < 4.78 is 57.8. The van der Waals surface area contributed by atoms with E-state index < -0.39 is 42.7 Å². The van der Waals surface area contributed by atoms with Crippen molar-refractivity contribution in [2.45, 2.75) is 36.6 Å². The standard InChI is InChI=1S/C25H26N4O8S2/c1-17(2)24(28-38(33,34)22-13-7-18(3)8-14-22)25(30)27-26-16-19-9-11-21(12-10-19)37-39(35,36)23-6-4-5-20(15-23)29(31)32/h4-17,24,28H,1-3H3,(H,27,30)/b26-16-/t24-/m0/s1. The molecule has 0 aromatic heterocycles. The van der Waals surface area contributed by atoms with E-state index in [1.54, 1.807) is 26.0 Å². The first-order chi connectivity index (χ1) is 18.3. The summed E-state index contributed by atoms with van der Waals surface area (Å²) in [5, 5.41) is 14.8. The third kappa shape index (κ3) is 7.92. The van der Waals surface area contributed by atoms with Crippen molar-refractivity contribution < 1.29 is 30.7 Å². The van der Waals surface area contributed by atoms with Gasteiger partial charge in [0.15, 0.2) is 0 Å². The number of benzene rings is 3. The van der Waals surface area contributed by atoms with Crippen LogP contribution in [0.3, 0.4) is 0 Å². The molecule has 3 aromatic carbocycles. The fraction of sp³-hybridized carbons (Fsp3) is 0.200. The summed E-state index contributed by atoms with van der Waals surface area (Å²) in [5.41, 5.74) is 3.28. The Bertz CT molecular complexity index is 1590. The van der Waals surface area contributed by atoms with Crippen molar-refractivity contribution >= 4 is 38.0 Å². The SMILES string of the molecule is Cc1ccc(S(=O)(=O)N[C@H](C(=O)N/N=C\c2ccc(OS(=O)(=O)c3cccc([N+](=O)[O-])c3)cc2)C(C)C)cc1. The van der Waals surface area contributed by atoms with Crippen LogP contribution >= 0.6 is 0 Å². The molecule has 0 unspecified atom stereocenters. The van der Waals surface area contributed by atoms with Gasteiger partial charge in [-0.25, -0.2) is 13.8 Å². The first-order valence-electron chi connectivity index (χ1n) is 11.5. The molecule has 0 radical (unpaired) electrons. The van der Waals surface area contributed by atoms with Crippen LogP contribution in [0, 0.1) is 23.0 Å². The van der Waals surface area contributed by atoms with Gasteiger partial charge >= 0.3 is 10.1 Å². The van der Waals surface area contributed by atoms with Gasteiger partial charge in [-0.15, -0.1) is 0 Å². The average Bonchev–Trinajstić information content (AvgIpc) is 2.88.